The number of piperidine rings is 1. The third kappa shape index (κ3) is 2.76. The van der Waals surface area contributed by atoms with Gasteiger partial charge in [0.05, 0.1) is 17.9 Å². The molecule has 1 spiro atoms. The molecule has 4 heterocycles. The fraction of sp³-hybridized carbons (Fsp3) is 0.400. The molecule has 0 bridgehead atoms. The molecule has 2 N–H and O–H groups in total. The van der Waals surface area contributed by atoms with E-state index < -0.39 is 5.54 Å². The number of hydrogen-bond donors (Lipinski definition) is 2. The van der Waals surface area contributed by atoms with Crippen molar-refractivity contribution in [2.45, 2.75) is 24.9 Å². The molecular formula is C20H22N6O3. The van der Waals surface area contributed by atoms with Crippen LogP contribution in [-0.2, 0) is 11.3 Å². The number of benzene rings is 1. The van der Waals surface area contributed by atoms with Crippen LogP contribution in [0.3, 0.4) is 0 Å². The Morgan fingerprint density at radius 3 is 2.55 bits per heavy atom. The maximum absolute atomic E-state index is 13.0. The molecule has 9 heteroatoms. The van der Waals surface area contributed by atoms with E-state index in [4.69, 9.17) is 0 Å². The zero-order valence-corrected chi connectivity index (χ0v) is 16.1. The van der Waals surface area contributed by atoms with Gasteiger partial charge in [0, 0.05) is 32.7 Å². The van der Waals surface area contributed by atoms with Crippen molar-refractivity contribution in [1.29, 1.82) is 0 Å². The Balaban J connectivity index is 1.31. The van der Waals surface area contributed by atoms with Gasteiger partial charge in [-0.3, -0.25) is 19.1 Å². The van der Waals surface area contributed by atoms with Crippen molar-refractivity contribution in [3.8, 4) is 0 Å². The first-order valence-corrected chi connectivity index (χ1v) is 9.78. The smallest absolute Gasteiger partial charge is 0.274 e. The van der Waals surface area contributed by atoms with Crippen molar-refractivity contribution < 1.29 is 14.4 Å². The average Bonchev–Trinajstić information content (AvgIpc) is 3.17. The summed E-state index contributed by atoms with van der Waals surface area (Å²) < 4.78 is 1.61. The predicted octanol–water partition coefficient (Wildman–Crippen LogP) is 1.01. The molecule has 0 unspecified atom stereocenters. The molecule has 1 saturated heterocycles. The summed E-state index contributed by atoms with van der Waals surface area (Å²) in [5, 5.41) is 10.7. The number of rotatable bonds is 1. The monoisotopic (exact) mass is 394 g/mol. The van der Waals surface area contributed by atoms with Crippen molar-refractivity contribution in [2.24, 2.45) is 0 Å². The highest BCUT2D eigenvalue weighted by molar-refractivity contribution is 6.06. The van der Waals surface area contributed by atoms with E-state index in [1.807, 2.05) is 24.3 Å². The van der Waals surface area contributed by atoms with Crippen LogP contribution in [0.25, 0.3) is 0 Å². The van der Waals surface area contributed by atoms with Gasteiger partial charge in [0.2, 0.25) is 5.91 Å². The lowest BCUT2D eigenvalue weighted by atomic mass is 9.84. The van der Waals surface area contributed by atoms with Gasteiger partial charge >= 0.3 is 0 Å². The molecule has 1 aromatic heterocycles. The molecule has 5 rings (SSSR count). The molecule has 3 aliphatic heterocycles. The van der Waals surface area contributed by atoms with E-state index in [1.54, 1.807) is 27.6 Å². The minimum Gasteiger partial charge on any atom is -0.369 e. The van der Waals surface area contributed by atoms with Crippen LogP contribution >= 0.6 is 0 Å². The van der Waals surface area contributed by atoms with Crippen LogP contribution in [0.4, 0.5) is 11.4 Å². The Kier molecular flexibility index (Phi) is 3.87. The Labute approximate surface area is 167 Å². The normalized spacial score (nSPS) is 20.0. The van der Waals surface area contributed by atoms with Crippen LogP contribution in [0.5, 0.6) is 0 Å². The molecule has 0 atom stereocenters. The number of carbonyl (C=O) groups excluding carboxylic acids is 3. The molecule has 29 heavy (non-hydrogen) atoms. The maximum atomic E-state index is 13.0. The number of likely N-dealkylation sites (N-methyl/N-ethyl adjacent to an activating group) is 1. The van der Waals surface area contributed by atoms with Gasteiger partial charge in [-0.1, -0.05) is 12.1 Å². The highest BCUT2D eigenvalue weighted by atomic mass is 16.2. The van der Waals surface area contributed by atoms with Crippen LogP contribution in [0.2, 0.25) is 0 Å². The first-order chi connectivity index (χ1) is 14.0. The molecule has 0 radical (unpaired) electrons. The lowest BCUT2D eigenvalue weighted by Crippen LogP contribution is -2.59. The molecule has 3 amide bonds. The predicted molar refractivity (Wildman–Crippen MR) is 106 cm³/mol. The summed E-state index contributed by atoms with van der Waals surface area (Å²) in [5.74, 6) is -0.384. The van der Waals surface area contributed by atoms with Crippen molar-refractivity contribution >= 4 is 29.1 Å². The summed E-state index contributed by atoms with van der Waals surface area (Å²) in [7, 11) is 1.74. The number of amides is 3. The largest absolute Gasteiger partial charge is 0.369 e. The quantitative estimate of drug-likeness (QED) is 0.752. The summed E-state index contributed by atoms with van der Waals surface area (Å²) in [4.78, 5) is 41.3. The van der Waals surface area contributed by atoms with Gasteiger partial charge in [0.25, 0.3) is 11.8 Å². The third-order valence-electron chi connectivity index (χ3n) is 6.10. The molecular weight excluding hydrogens is 372 g/mol. The Bertz CT molecular complexity index is 1020. The van der Waals surface area contributed by atoms with Crippen LogP contribution in [-0.4, -0.2) is 69.5 Å². The van der Waals surface area contributed by atoms with Crippen molar-refractivity contribution in [2.75, 3.05) is 37.3 Å². The van der Waals surface area contributed by atoms with Gasteiger partial charge < -0.3 is 20.4 Å². The van der Waals surface area contributed by atoms with Crippen molar-refractivity contribution in [1.82, 2.24) is 19.6 Å². The van der Waals surface area contributed by atoms with Gasteiger partial charge in [0.15, 0.2) is 5.69 Å². The van der Waals surface area contributed by atoms with E-state index >= 15 is 0 Å². The average molecular weight is 394 g/mol. The highest BCUT2D eigenvalue weighted by Gasteiger charge is 2.45. The molecule has 2 aromatic rings. The lowest BCUT2D eigenvalue weighted by molar-refractivity contribution is -0.122. The second kappa shape index (κ2) is 6.33. The Morgan fingerprint density at radius 2 is 1.79 bits per heavy atom. The summed E-state index contributed by atoms with van der Waals surface area (Å²) in [6.07, 6.45) is 1.02. The number of nitrogens with one attached hydrogen (secondary N) is 2. The minimum absolute atomic E-state index is 0.0608. The number of hydrogen-bond acceptors (Lipinski definition) is 5. The SMILES string of the molecule is CN1CCn2nc(C(=O)N3CCC4(CC3)Nc3ccccc3NC4=O)cc2C1=O. The standard InChI is InChI=1S/C20H22N6O3/c1-24-10-11-26-16(18(24)28)12-15(23-26)17(27)25-8-6-20(7-9-25)19(29)21-13-4-2-3-5-14(13)22-20/h2-5,12,22H,6-11H2,1H3,(H,21,29). The van der Waals surface area contributed by atoms with Crippen LogP contribution in [0, 0.1) is 0 Å². The number of para-hydroxylation sites is 2. The van der Waals surface area contributed by atoms with E-state index in [9.17, 15) is 14.4 Å². The molecule has 3 aliphatic rings. The van der Waals surface area contributed by atoms with Gasteiger partial charge in [-0.2, -0.15) is 5.10 Å². The maximum Gasteiger partial charge on any atom is 0.274 e. The molecule has 1 fully saturated rings. The molecule has 0 aliphatic carbocycles. The first-order valence-electron chi connectivity index (χ1n) is 9.78. The van der Waals surface area contributed by atoms with E-state index in [0.29, 0.717) is 44.7 Å². The molecule has 0 saturated carbocycles. The van der Waals surface area contributed by atoms with Crippen LogP contribution in [0.15, 0.2) is 30.3 Å². The zero-order valence-electron chi connectivity index (χ0n) is 16.1. The van der Waals surface area contributed by atoms with Crippen LogP contribution in [0.1, 0.15) is 33.8 Å². The summed E-state index contributed by atoms with van der Waals surface area (Å²) in [6.45, 7) is 2.04. The number of anilines is 2. The fourth-order valence-electron chi connectivity index (χ4n) is 4.27. The van der Waals surface area contributed by atoms with E-state index in [2.05, 4.69) is 15.7 Å². The number of fused-ring (bicyclic) bond motifs is 2. The number of carbonyl (C=O) groups is 3. The number of likely N-dealkylation sites (tertiary alicyclic amines) is 1. The highest BCUT2D eigenvalue weighted by Crippen LogP contribution is 2.36. The number of aromatic nitrogens is 2. The van der Waals surface area contributed by atoms with Gasteiger partial charge in [-0.05, 0) is 25.0 Å². The van der Waals surface area contributed by atoms with Gasteiger partial charge in [-0.25, -0.2) is 0 Å². The van der Waals surface area contributed by atoms with Crippen molar-refractivity contribution in [3.05, 3.63) is 41.7 Å². The first kappa shape index (κ1) is 17.7. The third-order valence-corrected chi connectivity index (χ3v) is 6.10. The second-order valence-electron chi connectivity index (χ2n) is 7.86. The van der Waals surface area contributed by atoms with E-state index in [1.165, 1.54) is 0 Å². The topological polar surface area (TPSA) is 99.6 Å². The van der Waals surface area contributed by atoms with Gasteiger partial charge in [0.1, 0.15) is 11.2 Å². The Morgan fingerprint density at radius 1 is 1.07 bits per heavy atom. The summed E-state index contributed by atoms with van der Waals surface area (Å²) >= 11 is 0. The molecule has 9 nitrogen and oxygen atoms in total. The molecule has 1 aromatic carbocycles. The fourth-order valence-corrected chi connectivity index (χ4v) is 4.27. The summed E-state index contributed by atoms with van der Waals surface area (Å²) in [6, 6.07) is 9.19. The second-order valence-corrected chi connectivity index (χ2v) is 7.86. The zero-order chi connectivity index (χ0) is 20.2. The summed E-state index contributed by atoms with van der Waals surface area (Å²) in [5.41, 5.74) is 1.69. The van der Waals surface area contributed by atoms with Crippen LogP contribution < -0.4 is 10.6 Å². The lowest BCUT2D eigenvalue weighted by Gasteiger charge is -2.44. The van der Waals surface area contributed by atoms with Gasteiger partial charge in [-0.15, -0.1) is 0 Å². The number of nitrogens with zero attached hydrogens (tertiary/aromatic N) is 4. The van der Waals surface area contributed by atoms with E-state index in [-0.39, 0.29) is 23.4 Å². The minimum atomic E-state index is -0.711. The molecule has 150 valence electrons. The Hall–Kier alpha value is -3.36. The van der Waals surface area contributed by atoms with E-state index in [0.717, 1.165) is 11.4 Å². The van der Waals surface area contributed by atoms with Crippen molar-refractivity contribution in [3.63, 3.8) is 0 Å².